The van der Waals surface area contributed by atoms with Crippen LogP contribution in [0.2, 0.25) is 0 Å². The van der Waals surface area contributed by atoms with Gasteiger partial charge in [-0.1, -0.05) is 101 Å². The zero-order chi connectivity index (χ0) is 25.4. The van der Waals surface area contributed by atoms with Crippen molar-refractivity contribution < 1.29 is 18.8 Å². The third-order valence-corrected chi connectivity index (χ3v) is 6.58. The first-order chi connectivity index (χ1) is 16.9. The molecule has 0 saturated carbocycles. The van der Waals surface area contributed by atoms with E-state index in [-0.39, 0.29) is 12.1 Å². The number of aryl methyl sites for hydroxylation is 1. The zero-order valence-electron chi connectivity index (χ0n) is 22.6. The second-order valence-corrected chi connectivity index (χ2v) is 10.4. The van der Waals surface area contributed by atoms with E-state index in [1.165, 1.54) is 56.1 Å². The zero-order valence-corrected chi connectivity index (χ0v) is 22.6. The molecule has 0 heterocycles. The monoisotopic (exact) mass is 482 g/mol. The summed E-state index contributed by atoms with van der Waals surface area (Å²) in [5.41, 5.74) is 2.53. The van der Waals surface area contributed by atoms with Gasteiger partial charge in [-0.15, -0.1) is 0 Å². The van der Waals surface area contributed by atoms with Gasteiger partial charge in [0.1, 0.15) is 25.0 Å². The first kappa shape index (κ1) is 28.9. The van der Waals surface area contributed by atoms with Crippen molar-refractivity contribution in [3.63, 3.8) is 0 Å². The summed E-state index contributed by atoms with van der Waals surface area (Å²) in [7, 11) is 4.31. The standard InChI is InChI=1S/C31H48NO3/c1-5-7-8-9-10-11-15-20-28-21-16-17-22-30(28)35-29(6-2)26-34-31(33)23-24-32(3,4)25-27-18-13-12-14-19-27/h12-14,16-19,21-22,29H,5-11,15,20,23-26H2,1-4H3/q+1. The lowest BCUT2D eigenvalue weighted by atomic mass is 10.0. The molecule has 0 aliphatic carbocycles. The normalized spacial score (nSPS) is 12.3. The Labute approximate surface area is 214 Å². The molecule has 4 nitrogen and oxygen atoms in total. The molecule has 0 bridgehead atoms. The van der Waals surface area contributed by atoms with Crippen molar-refractivity contribution in [2.75, 3.05) is 27.2 Å². The number of nitrogens with zero attached hydrogens (tertiary/aromatic N) is 1. The largest absolute Gasteiger partial charge is 0.487 e. The highest BCUT2D eigenvalue weighted by atomic mass is 16.6. The molecule has 0 N–H and O–H groups in total. The molecule has 1 unspecified atom stereocenters. The van der Waals surface area contributed by atoms with E-state index < -0.39 is 0 Å². The van der Waals surface area contributed by atoms with E-state index in [1.54, 1.807) is 0 Å². The summed E-state index contributed by atoms with van der Waals surface area (Å²) in [5, 5.41) is 0. The van der Waals surface area contributed by atoms with Crippen molar-refractivity contribution in [1.29, 1.82) is 0 Å². The number of benzene rings is 2. The number of quaternary nitrogens is 1. The molecular formula is C31H48NO3+. The number of hydrogen-bond donors (Lipinski definition) is 0. The molecule has 2 aromatic rings. The van der Waals surface area contributed by atoms with Gasteiger partial charge in [-0.3, -0.25) is 4.79 Å². The number of carbonyl (C=O) groups is 1. The Hall–Kier alpha value is -2.33. The maximum atomic E-state index is 12.5. The van der Waals surface area contributed by atoms with Crippen molar-refractivity contribution in [3.8, 4) is 5.75 Å². The van der Waals surface area contributed by atoms with E-state index in [1.807, 2.05) is 18.2 Å². The van der Waals surface area contributed by atoms with Crippen LogP contribution >= 0.6 is 0 Å². The van der Waals surface area contributed by atoms with Crippen LogP contribution in [-0.2, 0) is 22.5 Å². The van der Waals surface area contributed by atoms with Gasteiger partial charge in [0.25, 0.3) is 0 Å². The molecule has 2 aromatic carbocycles. The van der Waals surface area contributed by atoms with Crippen LogP contribution in [0.15, 0.2) is 54.6 Å². The summed E-state index contributed by atoms with van der Waals surface area (Å²) in [5.74, 6) is 0.782. The highest BCUT2D eigenvalue weighted by Crippen LogP contribution is 2.23. The fourth-order valence-electron chi connectivity index (χ4n) is 4.32. The second-order valence-electron chi connectivity index (χ2n) is 10.4. The van der Waals surface area contributed by atoms with E-state index >= 15 is 0 Å². The van der Waals surface area contributed by atoms with Crippen molar-refractivity contribution in [2.24, 2.45) is 0 Å². The highest BCUT2D eigenvalue weighted by molar-refractivity contribution is 5.69. The summed E-state index contributed by atoms with van der Waals surface area (Å²) in [6.45, 7) is 6.27. The number of rotatable bonds is 18. The molecule has 4 heteroatoms. The van der Waals surface area contributed by atoms with E-state index in [2.05, 4.69) is 64.3 Å². The van der Waals surface area contributed by atoms with Gasteiger partial charge in [-0.2, -0.15) is 0 Å². The van der Waals surface area contributed by atoms with E-state index in [0.29, 0.717) is 13.0 Å². The van der Waals surface area contributed by atoms with Gasteiger partial charge in [0.15, 0.2) is 0 Å². The van der Waals surface area contributed by atoms with Crippen LogP contribution in [0.1, 0.15) is 82.8 Å². The molecule has 0 aromatic heterocycles. The lowest BCUT2D eigenvalue weighted by Crippen LogP contribution is -2.40. The number of ether oxygens (including phenoxy) is 2. The maximum absolute atomic E-state index is 12.5. The van der Waals surface area contributed by atoms with E-state index in [0.717, 1.165) is 36.2 Å². The van der Waals surface area contributed by atoms with Crippen LogP contribution in [0.3, 0.4) is 0 Å². The Kier molecular flexibility index (Phi) is 13.5. The minimum Gasteiger partial charge on any atom is -0.487 e. The molecule has 0 spiro atoms. The Balaban J connectivity index is 1.74. The van der Waals surface area contributed by atoms with Gasteiger partial charge in [0, 0.05) is 5.56 Å². The molecule has 35 heavy (non-hydrogen) atoms. The van der Waals surface area contributed by atoms with Crippen molar-refractivity contribution in [2.45, 2.75) is 90.7 Å². The van der Waals surface area contributed by atoms with Gasteiger partial charge in [0.05, 0.1) is 27.1 Å². The summed E-state index contributed by atoms with van der Waals surface area (Å²) < 4.78 is 12.7. The van der Waals surface area contributed by atoms with Crippen molar-refractivity contribution >= 4 is 5.97 Å². The summed E-state index contributed by atoms with van der Waals surface area (Å²) in [6.07, 6.45) is 11.2. The molecule has 0 amide bonds. The van der Waals surface area contributed by atoms with Crippen LogP contribution in [0.5, 0.6) is 5.75 Å². The lowest BCUT2D eigenvalue weighted by Gasteiger charge is -2.29. The summed E-state index contributed by atoms with van der Waals surface area (Å²) >= 11 is 0. The fraction of sp³-hybridized carbons (Fsp3) is 0.581. The van der Waals surface area contributed by atoms with Crippen LogP contribution < -0.4 is 4.74 Å². The predicted octanol–water partition coefficient (Wildman–Crippen LogP) is 7.35. The molecule has 194 valence electrons. The minimum absolute atomic E-state index is 0.124. The van der Waals surface area contributed by atoms with Crippen LogP contribution in [0.4, 0.5) is 0 Å². The summed E-state index contributed by atoms with van der Waals surface area (Å²) in [6, 6.07) is 18.7. The second kappa shape index (κ2) is 16.4. The smallest absolute Gasteiger partial charge is 0.311 e. The number of para-hydroxylation sites is 1. The third kappa shape index (κ3) is 12.3. The minimum atomic E-state index is -0.150. The third-order valence-electron chi connectivity index (χ3n) is 6.58. The first-order valence-electron chi connectivity index (χ1n) is 13.7. The Morgan fingerprint density at radius 2 is 1.51 bits per heavy atom. The molecule has 0 aliphatic heterocycles. The summed E-state index contributed by atoms with van der Waals surface area (Å²) in [4.78, 5) is 12.5. The van der Waals surface area contributed by atoms with Crippen molar-refractivity contribution in [3.05, 3.63) is 65.7 Å². The van der Waals surface area contributed by atoms with Gasteiger partial charge in [0.2, 0.25) is 0 Å². The molecular weight excluding hydrogens is 434 g/mol. The van der Waals surface area contributed by atoms with Gasteiger partial charge in [-0.05, 0) is 30.9 Å². The maximum Gasteiger partial charge on any atom is 0.311 e. The topological polar surface area (TPSA) is 35.5 Å². The average molecular weight is 483 g/mol. The van der Waals surface area contributed by atoms with Crippen molar-refractivity contribution in [1.82, 2.24) is 0 Å². The van der Waals surface area contributed by atoms with Crippen LogP contribution in [-0.4, -0.2) is 43.8 Å². The molecule has 0 aliphatic rings. The predicted molar refractivity (Wildman–Crippen MR) is 146 cm³/mol. The van der Waals surface area contributed by atoms with Crippen LogP contribution in [0, 0.1) is 0 Å². The SMILES string of the molecule is CCCCCCCCCc1ccccc1OC(CC)COC(=O)CC[N+](C)(C)Cc1ccccc1. The lowest BCUT2D eigenvalue weighted by molar-refractivity contribution is -0.903. The first-order valence-corrected chi connectivity index (χ1v) is 13.7. The number of unbranched alkanes of at least 4 members (excludes halogenated alkanes) is 6. The Morgan fingerprint density at radius 1 is 0.857 bits per heavy atom. The molecule has 2 rings (SSSR count). The van der Waals surface area contributed by atoms with Crippen LogP contribution in [0.25, 0.3) is 0 Å². The molecule has 1 atom stereocenters. The molecule has 0 radical (unpaired) electrons. The number of hydrogen-bond acceptors (Lipinski definition) is 3. The quantitative estimate of drug-likeness (QED) is 0.127. The molecule has 0 saturated heterocycles. The van der Waals surface area contributed by atoms with Gasteiger partial charge in [-0.25, -0.2) is 0 Å². The van der Waals surface area contributed by atoms with E-state index in [9.17, 15) is 4.79 Å². The highest BCUT2D eigenvalue weighted by Gasteiger charge is 2.20. The van der Waals surface area contributed by atoms with E-state index in [4.69, 9.17) is 9.47 Å². The number of carbonyl (C=O) groups excluding carboxylic acids is 1. The Bertz CT molecular complexity index is 834. The van der Waals surface area contributed by atoms with Gasteiger partial charge < -0.3 is 14.0 Å². The van der Waals surface area contributed by atoms with Gasteiger partial charge >= 0.3 is 5.97 Å². The number of esters is 1. The molecule has 0 fully saturated rings. The Morgan fingerprint density at radius 3 is 2.23 bits per heavy atom. The average Bonchev–Trinajstić information content (AvgIpc) is 2.86. The fourth-order valence-corrected chi connectivity index (χ4v) is 4.32.